The van der Waals surface area contributed by atoms with Crippen molar-refractivity contribution in [3.05, 3.63) is 102 Å². The van der Waals surface area contributed by atoms with Crippen LogP contribution >= 0.6 is 0 Å². The van der Waals surface area contributed by atoms with Crippen molar-refractivity contribution in [1.82, 2.24) is 0 Å². The molecule has 5 heteroatoms. The number of methoxy groups -OCH3 is 2. The number of hydrogen-bond donors (Lipinski definition) is 0. The van der Waals surface area contributed by atoms with Crippen molar-refractivity contribution in [1.29, 1.82) is 0 Å². The molecule has 2 aliphatic heterocycles. The molecule has 3 aromatic heterocycles. The lowest BCUT2D eigenvalue weighted by Gasteiger charge is -2.48. The van der Waals surface area contributed by atoms with Gasteiger partial charge in [-0.15, -0.1) is 0 Å². The van der Waals surface area contributed by atoms with Gasteiger partial charge in [0.1, 0.15) is 11.5 Å². The first kappa shape index (κ1) is 17.4. The first-order chi connectivity index (χ1) is 14.8. The summed E-state index contributed by atoms with van der Waals surface area (Å²) in [6.45, 7) is 0. The summed E-state index contributed by atoms with van der Waals surface area (Å²) in [5.41, 5.74) is 5.70. The topological polar surface area (TPSA) is 48.6 Å². The number of fused-ring (bicyclic) bond motifs is 1. The normalized spacial score (nSPS) is 20.5. The second-order valence-electron chi connectivity index (χ2n) is 8.01. The quantitative estimate of drug-likeness (QED) is 0.470. The van der Waals surface area contributed by atoms with Crippen LogP contribution < -0.4 is 14.0 Å². The summed E-state index contributed by atoms with van der Waals surface area (Å²) in [6.07, 6.45) is 10.3. The summed E-state index contributed by atoms with van der Waals surface area (Å²) >= 11 is 0. The van der Waals surface area contributed by atoms with E-state index in [0.29, 0.717) is 0 Å². The van der Waals surface area contributed by atoms with Crippen molar-refractivity contribution in [2.24, 2.45) is 0 Å². The third-order valence-electron chi connectivity index (χ3n) is 6.89. The van der Waals surface area contributed by atoms with Gasteiger partial charge in [0.15, 0.2) is 17.9 Å². The summed E-state index contributed by atoms with van der Waals surface area (Å²) < 4.78 is 25.1. The molecular weight excluding hydrogens is 378 g/mol. The zero-order valence-electron chi connectivity index (χ0n) is 16.9. The Kier molecular flexibility index (Phi) is 3.63. The molecule has 0 spiro atoms. The minimum atomic E-state index is -0.319. The fourth-order valence-electron chi connectivity index (χ4n) is 5.69. The molecule has 3 aliphatic rings. The molecule has 2 atom stereocenters. The van der Waals surface area contributed by atoms with Crippen LogP contribution in [0, 0.1) is 0 Å². The van der Waals surface area contributed by atoms with Gasteiger partial charge in [0.05, 0.1) is 50.6 Å². The van der Waals surface area contributed by atoms with E-state index in [1.54, 1.807) is 26.7 Å². The maximum atomic E-state index is 5.91. The second kappa shape index (κ2) is 6.26. The SMILES string of the molecule is COc1cc(OC)c2c(c1)[C@@H]1CC(c3ccoc3)(c3ccoc3)[C@H]2c2cccc[n+]21. The number of pyridine rings is 1. The van der Waals surface area contributed by atoms with E-state index in [0.717, 1.165) is 29.0 Å². The third-order valence-corrected chi connectivity index (χ3v) is 6.89. The van der Waals surface area contributed by atoms with Crippen LogP contribution in [0.15, 0.2) is 82.5 Å². The van der Waals surface area contributed by atoms with Crippen LogP contribution in [0.4, 0.5) is 0 Å². The zero-order valence-corrected chi connectivity index (χ0v) is 16.9. The van der Waals surface area contributed by atoms with Crippen molar-refractivity contribution in [3.63, 3.8) is 0 Å². The Balaban J connectivity index is 1.73. The van der Waals surface area contributed by atoms with Crippen LogP contribution in [0.25, 0.3) is 0 Å². The van der Waals surface area contributed by atoms with E-state index in [1.807, 2.05) is 18.6 Å². The molecule has 2 bridgehead atoms. The molecule has 0 fully saturated rings. The highest BCUT2D eigenvalue weighted by atomic mass is 16.5. The number of nitrogens with zero attached hydrogens (tertiary/aromatic N) is 1. The predicted molar refractivity (Wildman–Crippen MR) is 109 cm³/mol. The fourth-order valence-corrected chi connectivity index (χ4v) is 5.69. The van der Waals surface area contributed by atoms with Crippen molar-refractivity contribution in [3.8, 4) is 11.5 Å². The van der Waals surface area contributed by atoms with Gasteiger partial charge in [-0.2, -0.15) is 4.57 Å². The van der Waals surface area contributed by atoms with Crippen LogP contribution in [-0.4, -0.2) is 14.2 Å². The molecule has 1 aliphatic carbocycles. The molecule has 7 rings (SSSR count). The van der Waals surface area contributed by atoms with Crippen LogP contribution in [0.2, 0.25) is 0 Å². The van der Waals surface area contributed by atoms with Crippen molar-refractivity contribution >= 4 is 0 Å². The second-order valence-corrected chi connectivity index (χ2v) is 8.01. The molecule has 0 radical (unpaired) electrons. The molecule has 0 N–H and O–H groups in total. The molecule has 150 valence electrons. The molecule has 1 aromatic carbocycles. The maximum absolute atomic E-state index is 5.91. The first-order valence-corrected chi connectivity index (χ1v) is 10.1. The number of ether oxygens (including phenoxy) is 2. The van der Waals surface area contributed by atoms with Gasteiger partial charge in [-0.1, -0.05) is 6.07 Å². The largest absolute Gasteiger partial charge is 0.497 e. The molecular formula is C25H22NO4+. The van der Waals surface area contributed by atoms with E-state index in [1.165, 1.54) is 16.8 Å². The van der Waals surface area contributed by atoms with Crippen LogP contribution in [-0.2, 0) is 5.41 Å². The van der Waals surface area contributed by atoms with Gasteiger partial charge in [0.25, 0.3) is 0 Å². The summed E-state index contributed by atoms with van der Waals surface area (Å²) in [5.74, 6) is 1.70. The molecule has 5 heterocycles. The molecule has 5 nitrogen and oxygen atoms in total. The van der Waals surface area contributed by atoms with Crippen molar-refractivity contribution in [2.75, 3.05) is 14.2 Å². The van der Waals surface area contributed by atoms with E-state index in [9.17, 15) is 0 Å². The number of hydrogen-bond acceptors (Lipinski definition) is 4. The highest BCUT2D eigenvalue weighted by Gasteiger charge is 2.61. The van der Waals surface area contributed by atoms with E-state index < -0.39 is 0 Å². The van der Waals surface area contributed by atoms with Crippen LogP contribution in [0.1, 0.15) is 46.3 Å². The van der Waals surface area contributed by atoms with E-state index in [2.05, 4.69) is 47.2 Å². The average Bonchev–Trinajstić information content (AvgIpc) is 3.53. The summed E-state index contributed by atoms with van der Waals surface area (Å²) in [6, 6.07) is 14.9. The minimum absolute atomic E-state index is 0.0368. The van der Waals surface area contributed by atoms with Gasteiger partial charge in [-0.3, -0.25) is 0 Å². The molecule has 0 unspecified atom stereocenters. The maximum Gasteiger partial charge on any atom is 0.190 e. The molecule has 0 saturated carbocycles. The van der Waals surface area contributed by atoms with Gasteiger partial charge >= 0.3 is 0 Å². The summed E-state index contributed by atoms with van der Waals surface area (Å²) in [4.78, 5) is 0. The van der Waals surface area contributed by atoms with Gasteiger partial charge in [-0.05, 0) is 18.2 Å². The molecule has 0 saturated heterocycles. The molecule has 30 heavy (non-hydrogen) atoms. The van der Waals surface area contributed by atoms with Gasteiger partial charge in [0.2, 0.25) is 0 Å². The van der Waals surface area contributed by atoms with Gasteiger partial charge < -0.3 is 18.3 Å². The Morgan fingerprint density at radius 2 is 1.73 bits per heavy atom. The number of benzene rings is 1. The molecule has 0 amide bonds. The lowest BCUT2D eigenvalue weighted by Crippen LogP contribution is -2.60. The van der Waals surface area contributed by atoms with E-state index in [4.69, 9.17) is 18.3 Å². The summed E-state index contributed by atoms with van der Waals surface area (Å²) in [5, 5.41) is 0. The Hall–Kier alpha value is -3.47. The standard InChI is InChI=1S/C25H22NO4/c1-27-18-11-19-21-13-25(16-6-9-29-14-16,17-7-10-30-15-17)24(23(19)22(12-18)28-2)20-5-3-4-8-26(20)21/h3-12,14-15,21,24H,13H2,1-2H3/q+1/t21-,24-/m0/s1. The van der Waals surface area contributed by atoms with E-state index >= 15 is 0 Å². The monoisotopic (exact) mass is 400 g/mol. The lowest BCUT2D eigenvalue weighted by molar-refractivity contribution is -0.732. The Labute approximate surface area is 174 Å². The number of rotatable bonds is 4. The summed E-state index contributed by atoms with van der Waals surface area (Å²) in [7, 11) is 3.43. The predicted octanol–water partition coefficient (Wildman–Crippen LogP) is 4.60. The highest BCUT2D eigenvalue weighted by Crippen LogP contribution is 2.61. The van der Waals surface area contributed by atoms with E-state index in [-0.39, 0.29) is 17.4 Å². The first-order valence-electron chi connectivity index (χ1n) is 10.1. The average molecular weight is 400 g/mol. The third kappa shape index (κ3) is 2.09. The Morgan fingerprint density at radius 1 is 0.967 bits per heavy atom. The number of aromatic nitrogens is 1. The van der Waals surface area contributed by atoms with Crippen molar-refractivity contribution in [2.45, 2.75) is 23.8 Å². The van der Waals surface area contributed by atoms with Crippen LogP contribution in [0.3, 0.4) is 0 Å². The highest BCUT2D eigenvalue weighted by molar-refractivity contribution is 5.60. The Bertz CT molecular complexity index is 1180. The molecule has 4 aromatic rings. The van der Waals surface area contributed by atoms with Gasteiger partial charge in [-0.25, -0.2) is 0 Å². The zero-order chi connectivity index (χ0) is 20.3. The Morgan fingerprint density at radius 3 is 2.37 bits per heavy atom. The van der Waals surface area contributed by atoms with Crippen molar-refractivity contribution < 1.29 is 22.9 Å². The minimum Gasteiger partial charge on any atom is -0.497 e. The van der Waals surface area contributed by atoms with Gasteiger partial charge in [0, 0.05) is 46.9 Å². The lowest BCUT2D eigenvalue weighted by atomic mass is 9.54. The number of furan rings is 2. The smallest absolute Gasteiger partial charge is 0.190 e. The fraction of sp³-hybridized carbons (Fsp3) is 0.240. The van der Waals surface area contributed by atoms with Crippen LogP contribution in [0.5, 0.6) is 11.5 Å².